The average molecular weight is 335 g/mol. The van der Waals surface area contributed by atoms with Crippen molar-refractivity contribution >= 4 is 5.91 Å². The molecule has 0 saturated heterocycles. The van der Waals surface area contributed by atoms with Crippen molar-refractivity contribution in [3.05, 3.63) is 17.5 Å². The first-order valence-corrected chi connectivity index (χ1v) is 9.17. The number of hydrogen-bond donors (Lipinski definition) is 1. The number of carbonyl (C=O) groups is 1. The van der Waals surface area contributed by atoms with E-state index in [0.29, 0.717) is 5.92 Å². The van der Waals surface area contributed by atoms with E-state index in [0.717, 1.165) is 43.7 Å². The van der Waals surface area contributed by atoms with Gasteiger partial charge in [-0.2, -0.15) is 0 Å². The predicted octanol–water partition coefficient (Wildman–Crippen LogP) is 3.25. The van der Waals surface area contributed by atoms with Crippen molar-refractivity contribution in [1.82, 2.24) is 15.4 Å². The molecule has 1 amide bonds. The van der Waals surface area contributed by atoms with Crippen molar-refractivity contribution in [3.8, 4) is 0 Å². The fraction of sp³-hybridized carbons (Fsp3) is 0.789. The summed E-state index contributed by atoms with van der Waals surface area (Å²) in [6.07, 6.45) is 3.76. The molecule has 5 heteroatoms. The van der Waals surface area contributed by atoms with Crippen LogP contribution in [0.25, 0.3) is 0 Å². The van der Waals surface area contributed by atoms with Crippen LogP contribution in [-0.4, -0.2) is 36.1 Å². The standard InChI is InChI=1S/C19H33N3O2/c1-7-13(8-2)18(23)20-17-10-14(19(17,3)4)9-15-11-16(24-21-15)12-22(5)6/h11,13-14,17H,7-10,12H2,1-6H3,(H,20,23)/t14-,17+/m1/s1. The van der Waals surface area contributed by atoms with Crippen LogP contribution in [0.15, 0.2) is 10.6 Å². The van der Waals surface area contributed by atoms with Crippen molar-refractivity contribution in [2.45, 2.75) is 66.0 Å². The summed E-state index contributed by atoms with van der Waals surface area (Å²) >= 11 is 0. The third kappa shape index (κ3) is 4.18. The Bertz CT molecular complexity index is 547. The summed E-state index contributed by atoms with van der Waals surface area (Å²) in [6, 6.07) is 2.33. The van der Waals surface area contributed by atoms with Gasteiger partial charge >= 0.3 is 0 Å². The third-order valence-corrected chi connectivity index (χ3v) is 5.68. The zero-order valence-corrected chi connectivity index (χ0v) is 16.1. The molecule has 0 bridgehead atoms. The van der Waals surface area contributed by atoms with Crippen LogP contribution in [0.3, 0.4) is 0 Å². The van der Waals surface area contributed by atoms with Crippen LogP contribution in [0.2, 0.25) is 0 Å². The Balaban J connectivity index is 1.89. The van der Waals surface area contributed by atoms with Crippen LogP contribution < -0.4 is 5.32 Å². The molecule has 0 aromatic carbocycles. The molecule has 0 spiro atoms. The molecular weight excluding hydrogens is 302 g/mol. The zero-order valence-electron chi connectivity index (χ0n) is 16.1. The summed E-state index contributed by atoms with van der Waals surface area (Å²) in [5, 5.41) is 7.47. The molecule has 1 aromatic heterocycles. The number of nitrogens with one attached hydrogen (secondary N) is 1. The van der Waals surface area contributed by atoms with Crippen LogP contribution in [0.1, 0.15) is 58.4 Å². The van der Waals surface area contributed by atoms with Gasteiger partial charge in [-0.1, -0.05) is 32.9 Å². The molecule has 2 atom stereocenters. The molecular formula is C19H33N3O2. The normalized spacial score (nSPS) is 22.7. The molecule has 1 aromatic rings. The van der Waals surface area contributed by atoms with Gasteiger partial charge in [0.1, 0.15) is 0 Å². The number of hydrogen-bond acceptors (Lipinski definition) is 4. The van der Waals surface area contributed by atoms with Crippen LogP contribution in [0.4, 0.5) is 0 Å². The van der Waals surface area contributed by atoms with Gasteiger partial charge in [-0.3, -0.25) is 4.79 Å². The van der Waals surface area contributed by atoms with E-state index in [1.54, 1.807) is 0 Å². The molecule has 1 aliphatic rings. The number of nitrogens with zero attached hydrogens (tertiary/aromatic N) is 2. The Kier molecular flexibility index (Phi) is 6.07. The lowest BCUT2D eigenvalue weighted by Crippen LogP contribution is -2.59. The van der Waals surface area contributed by atoms with Gasteiger partial charge in [-0.25, -0.2) is 0 Å². The average Bonchev–Trinajstić information content (AvgIpc) is 2.94. The van der Waals surface area contributed by atoms with Gasteiger partial charge in [0.05, 0.1) is 12.2 Å². The van der Waals surface area contributed by atoms with E-state index >= 15 is 0 Å². The minimum absolute atomic E-state index is 0.0996. The van der Waals surface area contributed by atoms with Gasteiger partial charge in [0, 0.05) is 18.0 Å². The predicted molar refractivity (Wildman–Crippen MR) is 95.5 cm³/mol. The summed E-state index contributed by atoms with van der Waals surface area (Å²) in [5.41, 5.74) is 1.12. The Morgan fingerprint density at radius 3 is 2.62 bits per heavy atom. The van der Waals surface area contributed by atoms with Gasteiger partial charge in [-0.05, 0) is 51.1 Å². The SMILES string of the molecule is CCC(CC)C(=O)N[C@H]1C[C@@H](Cc2cc(CN(C)C)on2)C1(C)C. The van der Waals surface area contributed by atoms with Crippen LogP contribution in [-0.2, 0) is 17.8 Å². The lowest BCUT2D eigenvalue weighted by atomic mass is 9.57. The topological polar surface area (TPSA) is 58.4 Å². The minimum Gasteiger partial charge on any atom is -0.360 e. The third-order valence-electron chi connectivity index (χ3n) is 5.68. The van der Waals surface area contributed by atoms with Crippen LogP contribution in [0, 0.1) is 17.3 Å². The van der Waals surface area contributed by atoms with Crippen molar-refractivity contribution in [1.29, 1.82) is 0 Å². The highest BCUT2D eigenvalue weighted by Crippen LogP contribution is 2.47. The minimum atomic E-state index is 0.0996. The molecule has 0 radical (unpaired) electrons. The maximum absolute atomic E-state index is 12.3. The number of amides is 1. The second-order valence-corrected chi connectivity index (χ2v) is 8.06. The number of carbonyl (C=O) groups excluding carboxylic acids is 1. The summed E-state index contributed by atoms with van der Waals surface area (Å²) in [7, 11) is 4.04. The molecule has 1 heterocycles. The van der Waals surface area contributed by atoms with Crippen molar-refractivity contribution in [2.24, 2.45) is 17.3 Å². The van der Waals surface area contributed by atoms with E-state index in [-0.39, 0.29) is 23.3 Å². The largest absolute Gasteiger partial charge is 0.360 e. The van der Waals surface area contributed by atoms with E-state index in [1.165, 1.54) is 0 Å². The van der Waals surface area contributed by atoms with Crippen LogP contribution >= 0.6 is 0 Å². The first-order chi connectivity index (χ1) is 11.3. The van der Waals surface area contributed by atoms with E-state index < -0.39 is 0 Å². The molecule has 1 aliphatic carbocycles. The molecule has 24 heavy (non-hydrogen) atoms. The molecule has 0 aliphatic heterocycles. The molecule has 136 valence electrons. The molecule has 2 rings (SSSR count). The van der Waals surface area contributed by atoms with Gasteiger partial charge in [0.2, 0.25) is 5.91 Å². The first kappa shape index (κ1) is 19.0. The summed E-state index contributed by atoms with van der Waals surface area (Å²) in [5.74, 6) is 1.79. The quantitative estimate of drug-likeness (QED) is 0.792. The molecule has 1 fully saturated rings. The highest BCUT2D eigenvalue weighted by Gasteiger charge is 2.48. The van der Waals surface area contributed by atoms with Crippen molar-refractivity contribution < 1.29 is 9.32 Å². The molecule has 0 unspecified atom stereocenters. The summed E-state index contributed by atoms with van der Waals surface area (Å²) in [4.78, 5) is 14.4. The van der Waals surface area contributed by atoms with E-state index in [2.05, 4.69) is 49.1 Å². The second-order valence-electron chi connectivity index (χ2n) is 8.06. The van der Waals surface area contributed by atoms with Gasteiger partial charge < -0.3 is 14.7 Å². The Morgan fingerprint density at radius 2 is 2.08 bits per heavy atom. The fourth-order valence-corrected chi connectivity index (χ4v) is 3.65. The monoisotopic (exact) mass is 335 g/mol. The van der Waals surface area contributed by atoms with E-state index in [9.17, 15) is 4.79 Å². The Labute approximate surface area is 146 Å². The highest BCUT2D eigenvalue weighted by atomic mass is 16.5. The van der Waals surface area contributed by atoms with Crippen LogP contribution in [0.5, 0.6) is 0 Å². The zero-order chi connectivity index (χ0) is 17.9. The fourth-order valence-electron chi connectivity index (χ4n) is 3.65. The van der Waals surface area contributed by atoms with Gasteiger partial charge in [-0.15, -0.1) is 0 Å². The number of aromatic nitrogens is 1. The van der Waals surface area contributed by atoms with Crippen molar-refractivity contribution in [2.75, 3.05) is 14.1 Å². The maximum atomic E-state index is 12.3. The molecule has 1 N–H and O–H groups in total. The second kappa shape index (κ2) is 7.68. The first-order valence-electron chi connectivity index (χ1n) is 9.17. The molecule has 1 saturated carbocycles. The lowest BCUT2D eigenvalue weighted by molar-refractivity contribution is -0.129. The van der Waals surface area contributed by atoms with Gasteiger partial charge in [0.15, 0.2) is 5.76 Å². The highest BCUT2D eigenvalue weighted by molar-refractivity contribution is 5.79. The number of rotatable bonds is 8. The van der Waals surface area contributed by atoms with Crippen molar-refractivity contribution in [3.63, 3.8) is 0 Å². The maximum Gasteiger partial charge on any atom is 0.223 e. The van der Waals surface area contributed by atoms with E-state index in [4.69, 9.17) is 4.52 Å². The smallest absolute Gasteiger partial charge is 0.223 e. The Hall–Kier alpha value is -1.36. The summed E-state index contributed by atoms with van der Waals surface area (Å²) < 4.78 is 5.40. The molecule has 5 nitrogen and oxygen atoms in total. The van der Waals surface area contributed by atoms with Gasteiger partial charge in [0.25, 0.3) is 0 Å². The Morgan fingerprint density at radius 1 is 1.42 bits per heavy atom. The summed E-state index contributed by atoms with van der Waals surface area (Å²) in [6.45, 7) is 9.44. The van der Waals surface area contributed by atoms with E-state index in [1.807, 2.05) is 14.1 Å². The lowest BCUT2D eigenvalue weighted by Gasteiger charge is -2.52.